The molecule has 0 bridgehead atoms. The first-order chi connectivity index (χ1) is 23.3. The Morgan fingerprint density at radius 2 is 1.69 bits per heavy atom. The number of halogens is 1. The Labute approximate surface area is 292 Å². The molecule has 2 heterocycles. The molecule has 0 amide bonds. The summed E-state index contributed by atoms with van der Waals surface area (Å²) in [4.78, 5) is 20.5. The van der Waals surface area contributed by atoms with Crippen molar-refractivity contribution in [1.29, 1.82) is 0 Å². The minimum absolute atomic E-state index is 0.213. The fraction of sp³-hybridized carbons (Fsp3) is 0.561. The second-order valence-corrected chi connectivity index (χ2v) is 15.8. The highest BCUT2D eigenvalue weighted by atomic mass is 19.1. The number of rotatable bonds is 13. The second kappa shape index (κ2) is 16.0. The number of aliphatic carboxylic acids is 1. The molecule has 5 rings (SSSR count). The Hall–Kier alpha value is -3.49. The number of aromatic nitrogens is 1. The summed E-state index contributed by atoms with van der Waals surface area (Å²) in [6.07, 6.45) is 7.93. The molecule has 266 valence electrons. The molecule has 1 unspecified atom stereocenters. The molecule has 0 spiro atoms. The van der Waals surface area contributed by atoms with Crippen LogP contribution in [0.15, 0.2) is 48.5 Å². The van der Waals surface area contributed by atoms with Gasteiger partial charge < -0.3 is 24.8 Å². The van der Waals surface area contributed by atoms with E-state index >= 15 is 0 Å². The van der Waals surface area contributed by atoms with E-state index < -0.39 is 17.7 Å². The number of piperidine rings is 1. The molecule has 2 aromatic carbocycles. The first-order valence-electron chi connectivity index (χ1n) is 18.2. The number of ether oxygens (including phenoxy) is 2. The van der Waals surface area contributed by atoms with Gasteiger partial charge in [0, 0.05) is 42.9 Å². The molecular weight excluding hydrogens is 617 g/mol. The van der Waals surface area contributed by atoms with Crippen molar-refractivity contribution in [3.05, 3.63) is 76.9 Å². The predicted molar refractivity (Wildman–Crippen MR) is 195 cm³/mol. The van der Waals surface area contributed by atoms with Crippen LogP contribution in [0.25, 0.3) is 11.1 Å². The zero-order valence-corrected chi connectivity index (χ0v) is 30.4. The molecule has 7 nitrogen and oxygen atoms in total. The first-order valence-corrected chi connectivity index (χ1v) is 18.2. The van der Waals surface area contributed by atoms with E-state index in [1.165, 1.54) is 44.2 Å². The molecular formula is C41H56FN3O4. The van der Waals surface area contributed by atoms with Crippen LogP contribution < -0.4 is 15.0 Å². The zero-order valence-electron chi connectivity index (χ0n) is 30.4. The number of anilines is 1. The summed E-state index contributed by atoms with van der Waals surface area (Å²) in [5, 5.41) is 14.4. The summed E-state index contributed by atoms with van der Waals surface area (Å²) < 4.78 is 25.8. The summed E-state index contributed by atoms with van der Waals surface area (Å²) in [6.45, 7) is 15.9. The van der Waals surface area contributed by atoms with Crippen LogP contribution in [0.2, 0.25) is 0 Å². The third kappa shape index (κ3) is 10.0. The minimum Gasteiger partial charge on any atom is -0.493 e. The number of carbonyl (C=O) groups is 1. The number of hydrogen-bond acceptors (Lipinski definition) is 6. The molecule has 2 fully saturated rings. The largest absolute Gasteiger partial charge is 0.493 e. The van der Waals surface area contributed by atoms with Gasteiger partial charge in [0.15, 0.2) is 6.10 Å². The Morgan fingerprint density at radius 1 is 1.04 bits per heavy atom. The molecule has 2 N–H and O–H groups in total. The number of nitrogens with zero attached hydrogens (tertiary/aromatic N) is 2. The van der Waals surface area contributed by atoms with Crippen molar-refractivity contribution in [2.24, 2.45) is 11.3 Å². The number of nitrogens with one attached hydrogen (secondary N) is 1. The number of hydrogen-bond donors (Lipinski definition) is 2. The maximum Gasteiger partial charge on any atom is 0.337 e. The summed E-state index contributed by atoms with van der Waals surface area (Å²) in [5.41, 5.74) is 5.63. The van der Waals surface area contributed by atoms with Crippen molar-refractivity contribution < 1.29 is 23.8 Å². The maximum atomic E-state index is 13.3. The highest BCUT2D eigenvalue weighted by Crippen LogP contribution is 2.45. The van der Waals surface area contributed by atoms with Crippen molar-refractivity contribution in [2.75, 3.05) is 31.1 Å². The Bertz CT molecular complexity index is 1530. The van der Waals surface area contributed by atoms with Crippen molar-refractivity contribution in [1.82, 2.24) is 10.3 Å². The van der Waals surface area contributed by atoms with E-state index in [0.29, 0.717) is 36.7 Å². The van der Waals surface area contributed by atoms with Gasteiger partial charge in [0.25, 0.3) is 0 Å². The van der Waals surface area contributed by atoms with Crippen molar-refractivity contribution in [2.45, 2.75) is 111 Å². The smallest absolute Gasteiger partial charge is 0.337 e. The molecule has 3 aromatic rings. The van der Waals surface area contributed by atoms with Gasteiger partial charge in [0.2, 0.25) is 0 Å². The Balaban J connectivity index is 1.54. The molecule has 2 aliphatic rings. The fourth-order valence-electron chi connectivity index (χ4n) is 7.20. The van der Waals surface area contributed by atoms with Crippen LogP contribution in [0.4, 0.5) is 10.1 Å². The quantitative estimate of drug-likeness (QED) is 0.187. The first kappa shape index (κ1) is 36.8. The summed E-state index contributed by atoms with van der Waals surface area (Å²) in [7, 11) is 0. The number of carboxylic acid groups (broad SMARTS) is 1. The van der Waals surface area contributed by atoms with E-state index in [4.69, 9.17) is 14.5 Å². The second-order valence-electron chi connectivity index (χ2n) is 15.8. The van der Waals surface area contributed by atoms with Crippen LogP contribution in [0, 0.1) is 24.1 Å². The highest BCUT2D eigenvalue weighted by Gasteiger charge is 2.37. The fourth-order valence-corrected chi connectivity index (χ4v) is 7.20. The van der Waals surface area contributed by atoms with Crippen LogP contribution in [0.1, 0.15) is 108 Å². The number of benzene rings is 2. The van der Waals surface area contributed by atoms with Crippen molar-refractivity contribution in [3.63, 3.8) is 0 Å². The highest BCUT2D eigenvalue weighted by molar-refractivity contribution is 5.88. The van der Waals surface area contributed by atoms with Crippen molar-refractivity contribution >= 4 is 11.7 Å². The maximum absolute atomic E-state index is 13.3. The van der Waals surface area contributed by atoms with Gasteiger partial charge in [-0.15, -0.1) is 0 Å². The number of aryl methyl sites for hydroxylation is 1. The standard InChI is InChI=1S/C41H56FN3O4/c1-28-35(38(39(46)47)49-40(2,3)4)37(45-23-21-41(5,6)22-24-45)36(34(44-28)27-43-26-30-10-8-7-9-11-30)31-14-18-33(19-15-31)48-25-20-29-12-16-32(42)17-13-29/h12-19,30,38,43H,7-11,20-27H2,1-6H3,(H,46,47). The molecule has 49 heavy (non-hydrogen) atoms. The zero-order chi connectivity index (χ0) is 35.2. The van der Waals surface area contributed by atoms with Crippen molar-refractivity contribution in [3.8, 4) is 16.9 Å². The van der Waals surface area contributed by atoms with Gasteiger partial charge >= 0.3 is 5.97 Å². The van der Waals surface area contributed by atoms with Crippen LogP contribution in [0.3, 0.4) is 0 Å². The van der Waals surface area contributed by atoms with Gasteiger partial charge in [-0.25, -0.2) is 9.18 Å². The van der Waals surface area contributed by atoms with Crippen LogP contribution in [-0.4, -0.2) is 47.9 Å². The molecule has 1 saturated carbocycles. The molecule has 1 saturated heterocycles. The normalized spacial score (nSPS) is 17.6. The summed E-state index contributed by atoms with van der Waals surface area (Å²) in [6, 6.07) is 14.6. The van der Waals surface area contributed by atoms with E-state index in [2.05, 4.69) is 36.2 Å². The lowest BCUT2D eigenvalue weighted by Gasteiger charge is -2.41. The van der Waals surface area contributed by atoms with E-state index in [-0.39, 0.29) is 11.2 Å². The lowest BCUT2D eigenvalue weighted by Crippen LogP contribution is -2.39. The topological polar surface area (TPSA) is 83.9 Å². The summed E-state index contributed by atoms with van der Waals surface area (Å²) >= 11 is 0. The summed E-state index contributed by atoms with van der Waals surface area (Å²) in [5.74, 6) is 0.149. The average molecular weight is 674 g/mol. The van der Waals surface area contributed by atoms with E-state index in [9.17, 15) is 14.3 Å². The molecule has 1 aromatic heterocycles. The van der Waals surface area contributed by atoms with Gasteiger partial charge in [-0.1, -0.05) is 57.4 Å². The van der Waals surface area contributed by atoms with Crippen LogP contribution in [0.5, 0.6) is 5.75 Å². The third-order valence-electron chi connectivity index (χ3n) is 10.0. The Morgan fingerprint density at radius 3 is 2.31 bits per heavy atom. The number of carboxylic acids is 1. The van der Waals surface area contributed by atoms with Gasteiger partial charge in [-0.2, -0.15) is 0 Å². The van der Waals surface area contributed by atoms with Crippen LogP contribution in [-0.2, 0) is 22.5 Å². The van der Waals surface area contributed by atoms with Gasteiger partial charge in [0.1, 0.15) is 11.6 Å². The number of pyridine rings is 1. The lowest BCUT2D eigenvalue weighted by molar-refractivity contribution is -0.160. The average Bonchev–Trinajstić information content (AvgIpc) is 3.05. The van der Waals surface area contributed by atoms with E-state index in [1.807, 2.05) is 39.8 Å². The Kier molecular flexibility index (Phi) is 12.0. The van der Waals surface area contributed by atoms with Crippen LogP contribution >= 0.6 is 0 Å². The minimum atomic E-state index is -1.17. The molecule has 8 heteroatoms. The lowest BCUT2D eigenvalue weighted by atomic mass is 9.81. The SMILES string of the molecule is Cc1nc(CNCC2CCCCC2)c(-c2ccc(OCCc3ccc(F)cc3)cc2)c(N2CCC(C)(C)CC2)c1C(OC(C)(C)C)C(=O)O. The monoisotopic (exact) mass is 673 g/mol. The molecule has 1 aliphatic carbocycles. The molecule has 1 atom stereocenters. The third-order valence-corrected chi connectivity index (χ3v) is 10.0. The van der Waals surface area contributed by atoms with Gasteiger partial charge in [-0.05, 0) is 107 Å². The van der Waals surface area contributed by atoms with Gasteiger partial charge in [0.05, 0.1) is 23.6 Å². The predicted octanol–water partition coefficient (Wildman–Crippen LogP) is 9.05. The van der Waals surface area contributed by atoms with E-state index in [0.717, 1.165) is 66.3 Å². The van der Waals surface area contributed by atoms with E-state index in [1.54, 1.807) is 12.1 Å². The molecule has 0 radical (unpaired) electrons. The molecule has 1 aliphatic heterocycles. The van der Waals surface area contributed by atoms with Gasteiger partial charge in [-0.3, -0.25) is 4.98 Å².